The maximum atomic E-state index is 12.1. The quantitative estimate of drug-likeness (QED) is 0.110. The van der Waals surface area contributed by atoms with Crippen molar-refractivity contribution in [3.8, 4) is 0 Å². The highest BCUT2D eigenvalue weighted by Gasteiger charge is 2.25. The van der Waals surface area contributed by atoms with Gasteiger partial charge in [-0.1, -0.05) is 101 Å². The van der Waals surface area contributed by atoms with E-state index in [9.17, 15) is 10.1 Å². The van der Waals surface area contributed by atoms with E-state index in [1.807, 2.05) is 121 Å². The van der Waals surface area contributed by atoms with Crippen molar-refractivity contribution in [1.29, 1.82) is 0 Å². The second-order valence-electron chi connectivity index (χ2n) is 8.24. The second-order valence-corrected chi connectivity index (χ2v) is 8.24. The minimum absolute atomic E-state index is 0.0613. The monoisotopic (exact) mass is 453 g/mol. The third-order valence-electron chi connectivity index (χ3n) is 5.96. The summed E-state index contributed by atoms with van der Waals surface area (Å²) in [5, 5.41) is 12.1. The van der Waals surface area contributed by atoms with Gasteiger partial charge in [-0.2, -0.15) is 0 Å². The van der Waals surface area contributed by atoms with Gasteiger partial charge in [-0.15, -0.1) is 0 Å². The summed E-state index contributed by atoms with van der Waals surface area (Å²) in [5.41, 5.74) is 5.69. The molecule has 0 unspecified atom stereocenters. The molecule has 0 heterocycles. The molecular weight excluding hydrogens is 430 g/mol. The molecule has 3 heteroatoms. The van der Waals surface area contributed by atoms with Gasteiger partial charge in [0.15, 0.2) is 0 Å². The molecule has 5 aromatic carbocycles. The first kappa shape index (κ1) is 22.1. The molecule has 0 fully saturated rings. The number of benzene rings is 5. The number of hydrogen-bond acceptors (Lipinski definition) is 2. The molecule has 0 aliphatic rings. The average Bonchev–Trinajstić information content (AvgIpc) is 2.91. The zero-order valence-electron chi connectivity index (χ0n) is 19.0. The third kappa shape index (κ3) is 4.80. The van der Waals surface area contributed by atoms with Gasteiger partial charge >= 0.3 is 0 Å². The van der Waals surface area contributed by atoms with Crippen LogP contribution in [0, 0.1) is 22.0 Å². The van der Waals surface area contributed by atoms with Crippen molar-refractivity contribution in [2.24, 2.45) is 0 Å². The van der Waals surface area contributed by atoms with Crippen molar-refractivity contribution in [3.63, 3.8) is 0 Å². The summed E-state index contributed by atoms with van der Waals surface area (Å²) in [6.45, 7) is 0. The lowest BCUT2D eigenvalue weighted by atomic mass is 9.80. The fourth-order valence-electron chi connectivity index (χ4n) is 4.42. The summed E-state index contributed by atoms with van der Waals surface area (Å²) in [6, 6.07) is 45.5. The van der Waals surface area contributed by atoms with Crippen molar-refractivity contribution in [3.05, 3.63) is 195 Å². The Balaban J connectivity index is 1.74. The van der Waals surface area contributed by atoms with E-state index in [1.54, 1.807) is 12.1 Å². The number of rotatable bonds is 7. The van der Waals surface area contributed by atoms with Crippen LogP contribution in [0.1, 0.15) is 33.4 Å². The molecule has 0 aromatic heterocycles. The van der Waals surface area contributed by atoms with Crippen molar-refractivity contribution < 1.29 is 4.92 Å². The lowest BCUT2D eigenvalue weighted by Crippen LogP contribution is -2.09. The number of non-ortho nitro benzene ring substituents is 1. The molecule has 5 aromatic rings. The molecular formula is C32H23NO2. The molecule has 0 atom stereocenters. The summed E-state index contributed by atoms with van der Waals surface area (Å²) in [7, 11) is 0. The largest absolute Gasteiger partial charge is 0.269 e. The van der Waals surface area contributed by atoms with Crippen LogP contribution in [0.15, 0.2) is 140 Å². The Labute approximate surface area is 205 Å². The van der Waals surface area contributed by atoms with E-state index in [0.29, 0.717) is 0 Å². The zero-order chi connectivity index (χ0) is 24.0. The van der Waals surface area contributed by atoms with Crippen LogP contribution in [0.4, 0.5) is 5.69 Å². The van der Waals surface area contributed by atoms with Crippen LogP contribution in [0.3, 0.4) is 0 Å². The topological polar surface area (TPSA) is 43.1 Å². The van der Waals surface area contributed by atoms with E-state index in [4.69, 9.17) is 0 Å². The van der Waals surface area contributed by atoms with Gasteiger partial charge in [-0.05, 0) is 54.6 Å². The first-order valence-electron chi connectivity index (χ1n) is 11.5. The van der Waals surface area contributed by atoms with Crippen molar-refractivity contribution >= 4 is 5.69 Å². The predicted molar refractivity (Wildman–Crippen MR) is 140 cm³/mol. The molecule has 5 rings (SSSR count). The average molecular weight is 454 g/mol. The molecule has 3 nitrogen and oxygen atoms in total. The normalized spacial score (nSPS) is 10.5. The second kappa shape index (κ2) is 10.0. The lowest BCUT2D eigenvalue weighted by Gasteiger charge is -2.26. The molecule has 168 valence electrons. The van der Waals surface area contributed by atoms with E-state index in [2.05, 4.69) is 6.07 Å². The van der Waals surface area contributed by atoms with E-state index in [1.165, 1.54) is 0 Å². The van der Waals surface area contributed by atoms with E-state index >= 15 is 0 Å². The molecule has 0 N–H and O–H groups in total. The third-order valence-corrected chi connectivity index (χ3v) is 5.96. The van der Waals surface area contributed by atoms with E-state index in [0.717, 1.165) is 45.2 Å². The highest BCUT2D eigenvalue weighted by Crippen LogP contribution is 2.38. The van der Waals surface area contributed by atoms with Gasteiger partial charge < -0.3 is 0 Å². The van der Waals surface area contributed by atoms with Crippen LogP contribution >= 0.6 is 0 Å². The van der Waals surface area contributed by atoms with Gasteiger partial charge in [-0.3, -0.25) is 10.1 Å². The molecule has 0 saturated carbocycles. The predicted octanol–water partition coefficient (Wildman–Crippen LogP) is 7.63. The Hall–Kier alpha value is -4.76. The summed E-state index contributed by atoms with van der Waals surface area (Å²) < 4.78 is 0. The van der Waals surface area contributed by atoms with E-state index in [-0.39, 0.29) is 10.6 Å². The Kier molecular flexibility index (Phi) is 6.31. The molecule has 0 aliphatic carbocycles. The summed E-state index contributed by atoms with van der Waals surface area (Å²) in [4.78, 5) is 11.8. The smallest absolute Gasteiger partial charge is 0.258 e. The lowest BCUT2D eigenvalue weighted by molar-refractivity contribution is -0.384. The number of nitro groups is 1. The Morgan fingerprint density at radius 3 is 1.37 bits per heavy atom. The molecule has 0 spiro atoms. The molecule has 0 saturated heterocycles. The summed E-state index contributed by atoms with van der Waals surface area (Å²) >= 11 is 0. The maximum Gasteiger partial charge on any atom is 0.269 e. The fourth-order valence-corrected chi connectivity index (χ4v) is 4.42. The number of nitro benzene ring substituents is 1. The fraction of sp³-hybridized carbons (Fsp3) is 0. The van der Waals surface area contributed by atoms with Crippen LogP contribution in [-0.4, -0.2) is 4.92 Å². The van der Waals surface area contributed by atoms with Crippen molar-refractivity contribution in [2.45, 2.75) is 0 Å². The Morgan fingerprint density at radius 2 is 0.943 bits per heavy atom. The number of hydrogen-bond donors (Lipinski definition) is 0. The van der Waals surface area contributed by atoms with Crippen molar-refractivity contribution in [2.75, 3.05) is 0 Å². The first-order valence-corrected chi connectivity index (χ1v) is 11.5. The van der Waals surface area contributed by atoms with Gasteiger partial charge in [-0.25, -0.2) is 0 Å². The molecule has 35 heavy (non-hydrogen) atoms. The molecule has 0 radical (unpaired) electrons. The molecule has 0 amide bonds. The highest BCUT2D eigenvalue weighted by atomic mass is 16.6. The minimum atomic E-state index is -0.311. The van der Waals surface area contributed by atoms with Gasteiger partial charge in [0.25, 0.3) is 5.69 Å². The molecule has 0 bridgehead atoms. The summed E-state index contributed by atoms with van der Waals surface area (Å²) in [5.74, 6) is 1.91. The Bertz CT molecular complexity index is 1220. The van der Waals surface area contributed by atoms with Gasteiger partial charge in [0.2, 0.25) is 0 Å². The standard InChI is InChI=1S/C32H23NO2/c34-33(35)30-22-28(31(24-13-5-1-6-14-24)25-15-7-2-8-16-25)21-29(23-30)32(26-17-9-3-10-18-26)27-19-11-4-12-20-27/h1-23H. The van der Waals surface area contributed by atoms with Crippen molar-refractivity contribution in [1.82, 2.24) is 0 Å². The maximum absolute atomic E-state index is 12.1. The van der Waals surface area contributed by atoms with Crippen LogP contribution in [0.2, 0.25) is 0 Å². The molecule has 0 aliphatic heterocycles. The van der Waals surface area contributed by atoms with Crippen LogP contribution < -0.4 is 0 Å². The van der Waals surface area contributed by atoms with Crippen LogP contribution in [-0.2, 0) is 0 Å². The Morgan fingerprint density at radius 1 is 0.514 bits per heavy atom. The van der Waals surface area contributed by atoms with E-state index < -0.39 is 0 Å². The SMILES string of the molecule is O=[N+]([O-])c1cc([C+](c2ccccc2)c2ccccc2)cc([C-](c2ccccc2)c2ccccc2)c1. The highest BCUT2D eigenvalue weighted by molar-refractivity contribution is 5.65. The zero-order valence-corrected chi connectivity index (χ0v) is 19.0. The number of nitrogens with zero attached hydrogens (tertiary/aromatic N) is 1. The van der Waals surface area contributed by atoms with Gasteiger partial charge in [0.05, 0.1) is 28.0 Å². The van der Waals surface area contributed by atoms with Gasteiger partial charge in [0.1, 0.15) is 0 Å². The van der Waals surface area contributed by atoms with Gasteiger partial charge in [0, 0.05) is 5.56 Å². The summed E-state index contributed by atoms with van der Waals surface area (Å²) in [6.07, 6.45) is 0. The van der Waals surface area contributed by atoms with Crippen LogP contribution in [0.25, 0.3) is 0 Å². The van der Waals surface area contributed by atoms with Crippen LogP contribution in [0.5, 0.6) is 0 Å². The minimum Gasteiger partial charge on any atom is -0.258 e. The first-order chi connectivity index (χ1) is 17.2.